The second-order valence-electron chi connectivity index (χ2n) is 9.56. The number of benzene rings is 2. The SMILES string of the molecule is CC(C)=CCC1CN(Cc2ccc(F)cc2)C(=O)C(C2=NS(=O)(=O)c3cc(NS(C)(=O)=O)ccc3N2)C1=O. The van der Waals surface area contributed by atoms with Gasteiger partial charge in [0.1, 0.15) is 16.5 Å². The molecule has 0 aromatic heterocycles. The van der Waals surface area contributed by atoms with Crippen LogP contribution in [-0.2, 0) is 36.2 Å². The second kappa shape index (κ2) is 10.3. The second-order valence-corrected chi connectivity index (χ2v) is 12.9. The van der Waals surface area contributed by atoms with Crippen molar-refractivity contribution in [1.29, 1.82) is 0 Å². The van der Waals surface area contributed by atoms with E-state index >= 15 is 0 Å². The minimum Gasteiger partial charge on any atom is -0.341 e. The van der Waals surface area contributed by atoms with E-state index in [1.54, 1.807) is 12.1 Å². The van der Waals surface area contributed by atoms with Crippen molar-refractivity contribution in [2.45, 2.75) is 31.7 Å². The summed E-state index contributed by atoms with van der Waals surface area (Å²) < 4.78 is 68.6. The third-order valence-electron chi connectivity index (χ3n) is 6.10. The lowest BCUT2D eigenvalue weighted by atomic mass is 9.83. The molecule has 2 atom stereocenters. The van der Waals surface area contributed by atoms with Gasteiger partial charge in [0.15, 0.2) is 11.7 Å². The van der Waals surface area contributed by atoms with E-state index in [0.717, 1.165) is 17.9 Å². The van der Waals surface area contributed by atoms with Crippen LogP contribution in [0.3, 0.4) is 0 Å². The first kappa shape index (κ1) is 27.5. The lowest BCUT2D eigenvalue weighted by molar-refractivity contribution is -0.146. The number of carbonyl (C=O) groups excluding carboxylic acids is 2. The molecule has 0 radical (unpaired) electrons. The number of halogens is 1. The molecule has 2 N–H and O–H groups in total. The zero-order chi connectivity index (χ0) is 27.8. The predicted molar refractivity (Wildman–Crippen MR) is 141 cm³/mol. The summed E-state index contributed by atoms with van der Waals surface area (Å²) >= 11 is 0. The minimum atomic E-state index is -4.38. The number of ketones is 1. The van der Waals surface area contributed by atoms with Crippen LogP contribution in [0.4, 0.5) is 15.8 Å². The highest BCUT2D eigenvalue weighted by Crippen LogP contribution is 2.34. The fourth-order valence-corrected chi connectivity index (χ4v) is 6.08. The van der Waals surface area contributed by atoms with Gasteiger partial charge in [0.25, 0.3) is 10.0 Å². The Morgan fingerprint density at radius 3 is 2.50 bits per heavy atom. The number of Topliss-reactive ketones (excluding diaryl/α,β-unsaturated/α-hetero) is 1. The Morgan fingerprint density at radius 2 is 1.87 bits per heavy atom. The molecular formula is C25H27FN4O6S2. The molecule has 2 heterocycles. The Balaban J connectivity index is 1.70. The number of fused-ring (bicyclic) bond motifs is 1. The van der Waals surface area contributed by atoms with Gasteiger partial charge >= 0.3 is 0 Å². The van der Waals surface area contributed by atoms with Gasteiger partial charge in [-0.25, -0.2) is 12.8 Å². The molecule has 1 amide bonds. The number of carbonyl (C=O) groups is 2. The Morgan fingerprint density at radius 1 is 1.18 bits per heavy atom. The van der Waals surface area contributed by atoms with Gasteiger partial charge in [-0.3, -0.25) is 14.3 Å². The number of nitrogens with one attached hydrogen (secondary N) is 2. The smallest absolute Gasteiger partial charge is 0.286 e. The van der Waals surface area contributed by atoms with Gasteiger partial charge in [0, 0.05) is 24.7 Å². The summed E-state index contributed by atoms with van der Waals surface area (Å²) in [6.45, 7) is 3.99. The van der Waals surface area contributed by atoms with E-state index in [9.17, 15) is 30.8 Å². The quantitative estimate of drug-likeness (QED) is 0.390. The summed E-state index contributed by atoms with van der Waals surface area (Å²) in [6, 6.07) is 9.43. The first-order valence-electron chi connectivity index (χ1n) is 11.7. The average molecular weight is 563 g/mol. The number of amides is 1. The number of anilines is 2. The molecule has 10 nitrogen and oxygen atoms in total. The van der Waals surface area contributed by atoms with E-state index in [4.69, 9.17) is 0 Å². The summed E-state index contributed by atoms with van der Waals surface area (Å²) in [7, 11) is -8.03. The molecule has 2 unspecified atom stereocenters. The monoisotopic (exact) mass is 562 g/mol. The van der Waals surface area contributed by atoms with Crippen molar-refractivity contribution in [3.63, 3.8) is 0 Å². The first-order valence-corrected chi connectivity index (χ1v) is 15.0. The molecule has 2 aliphatic heterocycles. The van der Waals surface area contributed by atoms with Crippen LogP contribution < -0.4 is 10.0 Å². The highest BCUT2D eigenvalue weighted by Gasteiger charge is 2.46. The summed E-state index contributed by atoms with van der Waals surface area (Å²) in [5.41, 5.74) is 1.72. The molecule has 38 heavy (non-hydrogen) atoms. The molecule has 0 spiro atoms. The maximum atomic E-state index is 13.5. The predicted octanol–water partition coefficient (Wildman–Crippen LogP) is 2.91. The summed E-state index contributed by atoms with van der Waals surface area (Å²) in [4.78, 5) is 28.2. The third kappa shape index (κ3) is 6.10. The van der Waals surface area contributed by atoms with Gasteiger partial charge in [0.05, 0.1) is 11.9 Å². The molecule has 2 aromatic rings. The molecule has 0 saturated carbocycles. The minimum absolute atomic E-state index is 0.0207. The number of amidine groups is 1. The molecule has 1 fully saturated rings. The van der Waals surface area contributed by atoms with Gasteiger partial charge in [-0.15, -0.1) is 4.40 Å². The van der Waals surface area contributed by atoms with Crippen LogP contribution in [0.15, 0.2) is 63.4 Å². The van der Waals surface area contributed by atoms with E-state index in [-0.39, 0.29) is 35.2 Å². The number of sulfonamides is 2. The van der Waals surface area contributed by atoms with Crippen molar-refractivity contribution < 1.29 is 30.8 Å². The van der Waals surface area contributed by atoms with Gasteiger partial charge in [-0.1, -0.05) is 23.8 Å². The van der Waals surface area contributed by atoms with Gasteiger partial charge in [-0.05, 0) is 56.2 Å². The number of hydrogen-bond donors (Lipinski definition) is 2. The van der Waals surface area contributed by atoms with Crippen LogP contribution in [0, 0.1) is 17.7 Å². The molecule has 4 rings (SSSR count). The van der Waals surface area contributed by atoms with E-state index in [1.807, 2.05) is 19.9 Å². The van der Waals surface area contributed by atoms with Crippen molar-refractivity contribution in [2.24, 2.45) is 16.2 Å². The standard InChI is InChI=1S/C25H27FN4O6S2/c1-15(2)4-7-17-14-30(13-16-5-8-18(26)9-6-16)25(32)22(23(17)31)24-27-20-11-10-19(28-37(3,33)34)12-21(20)38(35,36)29-24/h4-6,8-12,17,22,28H,7,13-14H2,1-3H3,(H,27,29). The lowest BCUT2D eigenvalue weighted by Gasteiger charge is -2.37. The Bertz CT molecular complexity index is 1560. The van der Waals surface area contributed by atoms with Crippen molar-refractivity contribution in [2.75, 3.05) is 22.8 Å². The number of rotatable bonds is 7. The molecule has 2 aliphatic rings. The maximum Gasteiger partial charge on any atom is 0.286 e. The Kier molecular flexibility index (Phi) is 7.44. The average Bonchev–Trinajstić information content (AvgIpc) is 2.80. The highest BCUT2D eigenvalue weighted by molar-refractivity contribution is 7.92. The van der Waals surface area contributed by atoms with Crippen molar-refractivity contribution in [1.82, 2.24) is 4.90 Å². The van der Waals surface area contributed by atoms with Gasteiger partial charge < -0.3 is 10.2 Å². The summed E-state index contributed by atoms with van der Waals surface area (Å²) in [5, 5.41) is 2.81. The van der Waals surface area contributed by atoms with Crippen LogP contribution in [0.5, 0.6) is 0 Å². The van der Waals surface area contributed by atoms with E-state index < -0.39 is 49.4 Å². The number of likely N-dealkylation sites (tertiary alicyclic amines) is 1. The number of piperidine rings is 1. The van der Waals surface area contributed by atoms with Crippen LogP contribution >= 0.6 is 0 Å². The van der Waals surface area contributed by atoms with Crippen molar-refractivity contribution in [3.8, 4) is 0 Å². The first-order chi connectivity index (χ1) is 17.7. The topological polar surface area (TPSA) is 142 Å². The van der Waals surface area contributed by atoms with Crippen molar-refractivity contribution >= 4 is 48.9 Å². The molecule has 0 aliphatic carbocycles. The molecule has 202 valence electrons. The van der Waals surface area contributed by atoms with E-state index in [1.165, 1.54) is 29.2 Å². The molecule has 0 bridgehead atoms. The number of hydrogen-bond acceptors (Lipinski definition) is 7. The van der Waals surface area contributed by atoms with Gasteiger partial charge in [0.2, 0.25) is 15.9 Å². The largest absolute Gasteiger partial charge is 0.341 e. The maximum absolute atomic E-state index is 13.5. The lowest BCUT2D eigenvalue weighted by Crippen LogP contribution is -2.54. The van der Waals surface area contributed by atoms with E-state index in [2.05, 4.69) is 14.4 Å². The number of allylic oxidation sites excluding steroid dienone is 2. The molecule has 13 heteroatoms. The molecule has 2 aromatic carbocycles. The van der Waals surface area contributed by atoms with Crippen LogP contribution in [0.2, 0.25) is 0 Å². The number of nitrogens with zero attached hydrogens (tertiary/aromatic N) is 2. The molecular weight excluding hydrogens is 535 g/mol. The van der Waals surface area contributed by atoms with Crippen LogP contribution in [-0.4, -0.2) is 52.1 Å². The Labute approximate surface area is 220 Å². The van der Waals surface area contributed by atoms with Gasteiger partial charge in [-0.2, -0.15) is 8.42 Å². The third-order valence-corrected chi connectivity index (χ3v) is 8.04. The summed E-state index contributed by atoms with van der Waals surface area (Å²) in [5.74, 6) is -3.91. The van der Waals surface area contributed by atoms with Crippen LogP contribution in [0.1, 0.15) is 25.8 Å². The summed E-state index contributed by atoms with van der Waals surface area (Å²) in [6.07, 6.45) is 3.16. The fraction of sp³-hybridized carbons (Fsp3) is 0.320. The normalized spacial score (nSPS) is 20.7. The molecule has 1 saturated heterocycles. The van der Waals surface area contributed by atoms with Crippen LogP contribution in [0.25, 0.3) is 0 Å². The fourth-order valence-electron chi connectivity index (χ4n) is 4.34. The highest BCUT2D eigenvalue weighted by atomic mass is 32.2. The Hall–Kier alpha value is -3.58. The van der Waals surface area contributed by atoms with Crippen molar-refractivity contribution in [3.05, 3.63) is 65.5 Å². The zero-order valence-electron chi connectivity index (χ0n) is 20.9. The zero-order valence-corrected chi connectivity index (χ0v) is 22.6. The van der Waals surface area contributed by atoms with E-state index in [0.29, 0.717) is 12.0 Å².